The van der Waals surface area contributed by atoms with Gasteiger partial charge in [-0.15, -0.1) is 0 Å². The van der Waals surface area contributed by atoms with E-state index in [9.17, 15) is 9.50 Å². The van der Waals surface area contributed by atoms with Crippen molar-refractivity contribution in [1.29, 1.82) is 0 Å². The van der Waals surface area contributed by atoms with Gasteiger partial charge in [-0.05, 0) is 56.7 Å². The second-order valence-electron chi connectivity index (χ2n) is 7.98. The number of nitrogens with zero attached hydrogens (tertiary/aromatic N) is 3. The molecule has 1 aromatic carbocycles. The molecule has 1 saturated carbocycles. The largest absolute Gasteiger partial charge is 0.385 e. The quantitative estimate of drug-likeness (QED) is 0.911. The zero-order valence-corrected chi connectivity index (χ0v) is 15.7. The number of rotatable bonds is 4. The van der Waals surface area contributed by atoms with Gasteiger partial charge in [-0.1, -0.05) is 12.1 Å². The summed E-state index contributed by atoms with van der Waals surface area (Å²) in [6, 6.07) is 6.45. The minimum Gasteiger partial charge on any atom is -0.385 e. The van der Waals surface area contributed by atoms with E-state index in [0.29, 0.717) is 5.92 Å². The molecule has 2 fully saturated rings. The molecule has 0 bridgehead atoms. The fraction of sp³-hybridized carbons (Fsp3) is 0.571. The molecule has 5 heteroatoms. The van der Waals surface area contributed by atoms with E-state index in [4.69, 9.17) is 0 Å². The van der Waals surface area contributed by atoms with Crippen LogP contribution in [0.15, 0.2) is 30.5 Å². The summed E-state index contributed by atoms with van der Waals surface area (Å²) in [6.45, 7) is 7.85. The van der Waals surface area contributed by atoms with Crippen LogP contribution in [0, 0.1) is 24.6 Å². The van der Waals surface area contributed by atoms with Crippen LogP contribution in [0.25, 0.3) is 0 Å². The summed E-state index contributed by atoms with van der Waals surface area (Å²) in [5.41, 5.74) is 2.39. The minimum absolute atomic E-state index is 0.211. The lowest BCUT2D eigenvalue weighted by Crippen LogP contribution is -2.42. The standard InChI is InChI=1S/C21H28FN3O/c1-3-25-13-17(15(2)23-25)12-24-11-16-5-4-10-21(26,20(16)14-24)18-6-8-19(22)9-7-18/h6-9,13,16,20,26H,3-5,10-12,14H2,1-2H3/t16-,20-,21+/m1/s1. The topological polar surface area (TPSA) is 41.3 Å². The molecule has 0 unspecified atom stereocenters. The first kappa shape index (κ1) is 17.7. The summed E-state index contributed by atoms with van der Waals surface area (Å²) in [5, 5.41) is 16.1. The molecule has 1 aliphatic carbocycles. The van der Waals surface area contributed by atoms with Crippen LogP contribution in [-0.4, -0.2) is 32.9 Å². The molecule has 2 aliphatic rings. The van der Waals surface area contributed by atoms with Gasteiger partial charge in [-0.2, -0.15) is 5.10 Å². The average Bonchev–Trinajstić information content (AvgIpc) is 3.20. The first-order valence-electron chi connectivity index (χ1n) is 9.73. The normalized spacial score (nSPS) is 29.1. The Labute approximate surface area is 154 Å². The molecule has 1 aliphatic heterocycles. The van der Waals surface area contributed by atoms with Crippen molar-refractivity contribution in [2.75, 3.05) is 13.1 Å². The smallest absolute Gasteiger partial charge is 0.123 e. The summed E-state index contributed by atoms with van der Waals surface area (Å²) in [4.78, 5) is 2.46. The summed E-state index contributed by atoms with van der Waals surface area (Å²) >= 11 is 0. The van der Waals surface area contributed by atoms with Gasteiger partial charge in [0, 0.05) is 43.9 Å². The molecular formula is C21H28FN3O. The van der Waals surface area contributed by atoms with Gasteiger partial charge in [0.2, 0.25) is 0 Å². The number of aliphatic hydroxyl groups is 1. The van der Waals surface area contributed by atoms with Crippen molar-refractivity contribution < 1.29 is 9.50 Å². The fourth-order valence-corrected chi connectivity index (χ4v) is 4.96. The predicted octanol–water partition coefficient (Wildman–Crippen LogP) is 3.47. The van der Waals surface area contributed by atoms with Crippen molar-refractivity contribution in [2.45, 2.75) is 51.8 Å². The van der Waals surface area contributed by atoms with Crippen LogP contribution in [0.4, 0.5) is 4.39 Å². The Bertz CT molecular complexity index is 772. The number of hydrogen-bond acceptors (Lipinski definition) is 3. The number of halogens is 1. The molecule has 140 valence electrons. The van der Waals surface area contributed by atoms with E-state index < -0.39 is 5.60 Å². The van der Waals surface area contributed by atoms with Crippen molar-refractivity contribution in [1.82, 2.24) is 14.7 Å². The Morgan fingerprint density at radius 1 is 1.27 bits per heavy atom. The van der Waals surface area contributed by atoms with Crippen LogP contribution in [0.3, 0.4) is 0 Å². The predicted molar refractivity (Wildman–Crippen MR) is 99.0 cm³/mol. The third-order valence-electron chi connectivity index (χ3n) is 6.37. The third kappa shape index (κ3) is 3.08. The van der Waals surface area contributed by atoms with Gasteiger partial charge < -0.3 is 5.11 Å². The van der Waals surface area contributed by atoms with E-state index in [1.807, 2.05) is 4.68 Å². The lowest BCUT2D eigenvalue weighted by Gasteiger charge is -2.41. The minimum atomic E-state index is -0.839. The number of aromatic nitrogens is 2. The average molecular weight is 357 g/mol. The molecule has 4 rings (SSSR count). The van der Waals surface area contributed by atoms with Gasteiger partial charge in [0.05, 0.1) is 11.3 Å². The molecule has 4 nitrogen and oxygen atoms in total. The zero-order chi connectivity index (χ0) is 18.3. The Hall–Kier alpha value is -1.72. The number of aryl methyl sites for hydroxylation is 2. The Kier molecular flexibility index (Phi) is 4.61. The van der Waals surface area contributed by atoms with Crippen LogP contribution in [0.1, 0.15) is 43.0 Å². The van der Waals surface area contributed by atoms with Gasteiger partial charge in [0.15, 0.2) is 0 Å². The molecule has 3 atom stereocenters. The van der Waals surface area contributed by atoms with Gasteiger partial charge in [-0.25, -0.2) is 4.39 Å². The van der Waals surface area contributed by atoms with Crippen LogP contribution >= 0.6 is 0 Å². The van der Waals surface area contributed by atoms with E-state index in [0.717, 1.165) is 56.7 Å². The molecule has 0 spiro atoms. The first-order valence-corrected chi connectivity index (χ1v) is 9.73. The summed E-state index contributed by atoms with van der Waals surface area (Å²) in [7, 11) is 0. The molecular weight excluding hydrogens is 329 g/mol. The first-order chi connectivity index (χ1) is 12.5. The van der Waals surface area contributed by atoms with Crippen LogP contribution < -0.4 is 0 Å². The number of benzene rings is 1. The number of hydrogen-bond donors (Lipinski definition) is 1. The maximum atomic E-state index is 13.3. The van der Waals surface area contributed by atoms with Crippen molar-refractivity contribution >= 4 is 0 Å². The molecule has 2 aromatic rings. The maximum absolute atomic E-state index is 13.3. The maximum Gasteiger partial charge on any atom is 0.123 e. The van der Waals surface area contributed by atoms with E-state index in [2.05, 4.69) is 30.0 Å². The third-order valence-corrected chi connectivity index (χ3v) is 6.37. The molecule has 0 radical (unpaired) electrons. The summed E-state index contributed by atoms with van der Waals surface area (Å²) < 4.78 is 15.3. The number of fused-ring (bicyclic) bond motifs is 1. The second kappa shape index (κ2) is 6.78. The van der Waals surface area contributed by atoms with Crippen LogP contribution in [0.2, 0.25) is 0 Å². The van der Waals surface area contributed by atoms with E-state index in [1.54, 1.807) is 12.1 Å². The Balaban J connectivity index is 1.54. The summed E-state index contributed by atoms with van der Waals surface area (Å²) in [6.07, 6.45) is 5.09. The highest BCUT2D eigenvalue weighted by molar-refractivity contribution is 5.26. The van der Waals surface area contributed by atoms with Gasteiger partial charge >= 0.3 is 0 Å². The van der Waals surface area contributed by atoms with Crippen molar-refractivity contribution in [3.63, 3.8) is 0 Å². The van der Waals surface area contributed by atoms with Crippen LogP contribution in [0.5, 0.6) is 0 Å². The molecule has 0 amide bonds. The SMILES string of the molecule is CCn1cc(CN2C[C@H]3CCC[C@](O)(c4ccc(F)cc4)[C@@H]3C2)c(C)n1. The molecule has 1 N–H and O–H groups in total. The van der Waals surface area contributed by atoms with Gasteiger partial charge in [-0.3, -0.25) is 9.58 Å². The zero-order valence-electron chi connectivity index (χ0n) is 15.7. The van der Waals surface area contributed by atoms with E-state index in [-0.39, 0.29) is 11.7 Å². The molecule has 1 aromatic heterocycles. The van der Waals surface area contributed by atoms with Crippen LogP contribution in [-0.2, 0) is 18.7 Å². The van der Waals surface area contributed by atoms with E-state index in [1.165, 1.54) is 17.7 Å². The molecule has 26 heavy (non-hydrogen) atoms. The van der Waals surface area contributed by atoms with Gasteiger partial charge in [0.1, 0.15) is 5.82 Å². The highest BCUT2D eigenvalue weighted by atomic mass is 19.1. The van der Waals surface area contributed by atoms with E-state index >= 15 is 0 Å². The lowest BCUT2D eigenvalue weighted by atomic mass is 9.67. The summed E-state index contributed by atoms with van der Waals surface area (Å²) in [5.74, 6) is 0.463. The van der Waals surface area contributed by atoms with Crippen molar-refractivity contribution in [3.05, 3.63) is 53.1 Å². The molecule has 1 saturated heterocycles. The highest BCUT2D eigenvalue weighted by Crippen LogP contribution is 2.48. The van der Waals surface area contributed by atoms with Crippen molar-refractivity contribution in [3.8, 4) is 0 Å². The Morgan fingerprint density at radius 2 is 2.04 bits per heavy atom. The highest BCUT2D eigenvalue weighted by Gasteiger charge is 2.49. The number of likely N-dealkylation sites (tertiary alicyclic amines) is 1. The monoisotopic (exact) mass is 357 g/mol. The Morgan fingerprint density at radius 3 is 2.73 bits per heavy atom. The molecule has 2 heterocycles. The van der Waals surface area contributed by atoms with Crippen molar-refractivity contribution in [2.24, 2.45) is 11.8 Å². The fourth-order valence-electron chi connectivity index (χ4n) is 4.96. The lowest BCUT2D eigenvalue weighted by molar-refractivity contribution is -0.0648. The van der Waals surface area contributed by atoms with Gasteiger partial charge in [0.25, 0.3) is 0 Å². The second-order valence-corrected chi connectivity index (χ2v) is 7.98.